The fourth-order valence-electron chi connectivity index (χ4n) is 1.23. The molecule has 2 rings (SSSR count). The molecule has 1 heterocycles. The van der Waals surface area contributed by atoms with E-state index in [2.05, 4.69) is 26.1 Å². The van der Waals surface area contributed by atoms with Gasteiger partial charge >= 0.3 is 5.69 Å². The highest BCUT2D eigenvalue weighted by molar-refractivity contribution is 9.10. The lowest BCUT2D eigenvalue weighted by molar-refractivity contribution is 0.976. The third-order valence-corrected chi connectivity index (χ3v) is 2.55. The zero-order chi connectivity index (χ0) is 10.1. The number of H-pyrrole nitrogens is 1. The molecule has 2 aromatic rings. The molecule has 0 aliphatic carbocycles. The first-order valence-electron chi connectivity index (χ1n) is 4.07. The van der Waals surface area contributed by atoms with E-state index in [-0.39, 0.29) is 5.69 Å². The molecule has 0 fully saturated rings. The van der Waals surface area contributed by atoms with Crippen molar-refractivity contribution in [2.45, 2.75) is 6.92 Å². The number of aromatic nitrogens is 3. The molecule has 0 saturated carbocycles. The second-order valence-electron chi connectivity index (χ2n) is 2.99. The first-order valence-corrected chi connectivity index (χ1v) is 4.86. The van der Waals surface area contributed by atoms with Gasteiger partial charge in [0, 0.05) is 4.47 Å². The Bertz CT molecular complexity index is 515. The van der Waals surface area contributed by atoms with Gasteiger partial charge < -0.3 is 0 Å². The lowest BCUT2D eigenvalue weighted by atomic mass is 10.2. The van der Waals surface area contributed by atoms with Crippen molar-refractivity contribution in [3.8, 4) is 5.69 Å². The Balaban J connectivity index is 2.63. The molecule has 1 N–H and O–H groups in total. The van der Waals surface area contributed by atoms with Crippen LogP contribution < -0.4 is 5.69 Å². The topological polar surface area (TPSA) is 50.7 Å². The molecule has 0 saturated heterocycles. The average molecular weight is 254 g/mol. The Hall–Kier alpha value is -1.36. The van der Waals surface area contributed by atoms with Crippen molar-refractivity contribution in [3.05, 3.63) is 45.0 Å². The van der Waals surface area contributed by atoms with Crippen molar-refractivity contribution in [1.29, 1.82) is 0 Å². The highest BCUT2D eigenvalue weighted by Gasteiger charge is 2.04. The van der Waals surface area contributed by atoms with Gasteiger partial charge in [-0.25, -0.2) is 14.5 Å². The molecular weight excluding hydrogens is 246 g/mol. The number of hydrogen-bond donors (Lipinski definition) is 1. The van der Waals surface area contributed by atoms with Crippen LogP contribution in [0.4, 0.5) is 0 Å². The number of hydrogen-bond acceptors (Lipinski definition) is 2. The van der Waals surface area contributed by atoms with Gasteiger partial charge in [-0.05, 0) is 40.5 Å². The van der Waals surface area contributed by atoms with Gasteiger partial charge in [-0.3, -0.25) is 0 Å². The van der Waals surface area contributed by atoms with E-state index in [0.717, 1.165) is 15.7 Å². The number of nitrogens with one attached hydrogen (secondary N) is 1. The van der Waals surface area contributed by atoms with E-state index < -0.39 is 0 Å². The number of benzene rings is 1. The van der Waals surface area contributed by atoms with E-state index in [1.807, 2.05) is 25.1 Å². The predicted octanol–water partition coefficient (Wildman–Crippen LogP) is 1.63. The van der Waals surface area contributed by atoms with Crippen molar-refractivity contribution in [2.24, 2.45) is 0 Å². The molecule has 14 heavy (non-hydrogen) atoms. The van der Waals surface area contributed by atoms with E-state index in [0.29, 0.717) is 0 Å². The van der Waals surface area contributed by atoms with Crippen LogP contribution in [0.1, 0.15) is 5.56 Å². The summed E-state index contributed by atoms with van der Waals surface area (Å²) in [6.07, 6.45) is 1.46. The highest BCUT2D eigenvalue weighted by Crippen LogP contribution is 2.20. The summed E-state index contributed by atoms with van der Waals surface area (Å²) < 4.78 is 2.32. The lowest BCUT2D eigenvalue weighted by Gasteiger charge is -2.03. The molecule has 0 spiro atoms. The number of aryl methyl sites for hydroxylation is 1. The third-order valence-electron chi connectivity index (χ3n) is 1.91. The molecule has 0 aliphatic heterocycles. The summed E-state index contributed by atoms with van der Waals surface area (Å²) in [4.78, 5) is 11.3. The number of aromatic amines is 1. The summed E-state index contributed by atoms with van der Waals surface area (Å²) in [6.45, 7) is 1.99. The summed E-state index contributed by atoms with van der Waals surface area (Å²) in [6, 6.07) is 5.77. The molecule has 0 atom stereocenters. The van der Waals surface area contributed by atoms with Crippen LogP contribution in [0.15, 0.2) is 33.8 Å². The summed E-state index contributed by atoms with van der Waals surface area (Å²) in [7, 11) is 0. The number of halogens is 1. The maximum Gasteiger partial charge on any atom is 0.347 e. The fraction of sp³-hybridized carbons (Fsp3) is 0.111. The van der Waals surface area contributed by atoms with Crippen molar-refractivity contribution >= 4 is 15.9 Å². The second kappa shape index (κ2) is 3.42. The smallest absolute Gasteiger partial charge is 0.249 e. The van der Waals surface area contributed by atoms with Crippen LogP contribution in [0, 0.1) is 6.92 Å². The number of rotatable bonds is 1. The lowest BCUT2D eigenvalue weighted by Crippen LogP contribution is -2.14. The Morgan fingerprint density at radius 3 is 2.86 bits per heavy atom. The molecule has 0 bridgehead atoms. The maximum absolute atomic E-state index is 11.3. The Morgan fingerprint density at radius 2 is 2.29 bits per heavy atom. The normalized spacial score (nSPS) is 10.4. The minimum atomic E-state index is -0.241. The first-order chi connectivity index (χ1) is 6.68. The summed E-state index contributed by atoms with van der Waals surface area (Å²) in [5.41, 5.74) is 1.68. The van der Waals surface area contributed by atoms with Crippen LogP contribution in [-0.4, -0.2) is 14.8 Å². The second-order valence-corrected chi connectivity index (χ2v) is 3.84. The Morgan fingerprint density at radius 1 is 1.50 bits per heavy atom. The molecule has 5 heteroatoms. The summed E-state index contributed by atoms with van der Waals surface area (Å²) in [5, 5.41) is 6.01. The van der Waals surface area contributed by atoms with E-state index >= 15 is 0 Å². The molecule has 0 amide bonds. The van der Waals surface area contributed by atoms with Gasteiger partial charge in [0.05, 0.1) is 5.69 Å². The van der Waals surface area contributed by atoms with Crippen LogP contribution in [0.5, 0.6) is 0 Å². The van der Waals surface area contributed by atoms with Gasteiger partial charge in [-0.15, -0.1) is 0 Å². The molecule has 72 valence electrons. The SMILES string of the molecule is Cc1ccc(-n2cn[nH]c2=O)c(Br)c1. The van der Waals surface area contributed by atoms with E-state index in [1.165, 1.54) is 10.9 Å². The van der Waals surface area contributed by atoms with Gasteiger partial charge in [0.15, 0.2) is 0 Å². The van der Waals surface area contributed by atoms with Crippen LogP contribution in [0.3, 0.4) is 0 Å². The van der Waals surface area contributed by atoms with Crippen molar-refractivity contribution in [2.75, 3.05) is 0 Å². The molecule has 1 aromatic heterocycles. The first kappa shape index (κ1) is 9.21. The predicted molar refractivity (Wildman–Crippen MR) is 56.6 cm³/mol. The Labute approximate surface area is 88.7 Å². The van der Waals surface area contributed by atoms with Crippen LogP contribution in [-0.2, 0) is 0 Å². The Kier molecular flexibility index (Phi) is 2.25. The molecule has 1 aromatic carbocycles. The van der Waals surface area contributed by atoms with Gasteiger partial charge in [-0.1, -0.05) is 6.07 Å². The van der Waals surface area contributed by atoms with Gasteiger partial charge in [0.1, 0.15) is 6.33 Å². The van der Waals surface area contributed by atoms with Crippen LogP contribution >= 0.6 is 15.9 Å². The maximum atomic E-state index is 11.3. The van der Waals surface area contributed by atoms with Crippen LogP contribution in [0.2, 0.25) is 0 Å². The zero-order valence-corrected chi connectivity index (χ0v) is 9.08. The van der Waals surface area contributed by atoms with E-state index in [4.69, 9.17) is 0 Å². The van der Waals surface area contributed by atoms with Gasteiger partial charge in [0.2, 0.25) is 0 Å². The van der Waals surface area contributed by atoms with Gasteiger partial charge in [-0.2, -0.15) is 5.10 Å². The van der Waals surface area contributed by atoms with Crippen LogP contribution in [0.25, 0.3) is 5.69 Å². The molecule has 0 aliphatic rings. The third kappa shape index (κ3) is 1.50. The monoisotopic (exact) mass is 253 g/mol. The largest absolute Gasteiger partial charge is 0.347 e. The molecule has 4 nitrogen and oxygen atoms in total. The molecular formula is C9H8BrN3O. The minimum absolute atomic E-state index is 0.241. The summed E-state index contributed by atoms with van der Waals surface area (Å²) in [5.74, 6) is 0. The highest BCUT2D eigenvalue weighted by atomic mass is 79.9. The fourth-order valence-corrected chi connectivity index (χ4v) is 1.91. The van der Waals surface area contributed by atoms with E-state index in [9.17, 15) is 4.79 Å². The number of nitrogens with zero attached hydrogens (tertiary/aromatic N) is 2. The standard InChI is InChI=1S/C9H8BrN3O/c1-6-2-3-8(7(10)4-6)13-5-11-12-9(13)14/h2-5H,1H3,(H,12,14). The molecule has 0 unspecified atom stereocenters. The minimum Gasteiger partial charge on any atom is -0.249 e. The van der Waals surface area contributed by atoms with Crippen molar-refractivity contribution in [3.63, 3.8) is 0 Å². The summed E-state index contributed by atoms with van der Waals surface area (Å²) >= 11 is 3.40. The van der Waals surface area contributed by atoms with Crippen molar-refractivity contribution in [1.82, 2.24) is 14.8 Å². The van der Waals surface area contributed by atoms with Crippen molar-refractivity contribution < 1.29 is 0 Å². The van der Waals surface area contributed by atoms with Gasteiger partial charge in [0.25, 0.3) is 0 Å². The molecule has 0 radical (unpaired) electrons. The average Bonchev–Trinajstić information content (AvgIpc) is 2.52. The van der Waals surface area contributed by atoms with E-state index in [1.54, 1.807) is 0 Å². The quantitative estimate of drug-likeness (QED) is 0.840. The zero-order valence-electron chi connectivity index (χ0n) is 7.49.